The summed E-state index contributed by atoms with van der Waals surface area (Å²) in [7, 11) is 0. The van der Waals surface area contributed by atoms with E-state index in [9.17, 15) is 13.6 Å². The Morgan fingerprint density at radius 3 is 2.48 bits per heavy atom. The zero-order chi connectivity index (χ0) is 15.4. The van der Waals surface area contributed by atoms with Crippen molar-refractivity contribution in [2.45, 2.75) is 19.9 Å². The minimum atomic E-state index is -0.890. The minimum Gasteiger partial charge on any atom is -0.378 e. The van der Waals surface area contributed by atoms with Gasteiger partial charge < -0.3 is 10.6 Å². The van der Waals surface area contributed by atoms with Gasteiger partial charge in [0.25, 0.3) is 0 Å². The van der Waals surface area contributed by atoms with Gasteiger partial charge in [0.2, 0.25) is 5.91 Å². The van der Waals surface area contributed by atoms with Crippen molar-refractivity contribution in [1.82, 2.24) is 0 Å². The number of halogens is 2. The van der Waals surface area contributed by atoms with Gasteiger partial charge in [0.1, 0.15) is 0 Å². The standard InChI is InChI=1S/C16H16F2N2O/c1-10(19-14-6-7-15(17)16(18)9-14)12-4-3-5-13(8-12)20-11(2)21/h3-10,19H,1-2H3,(H,20,21). The second-order valence-electron chi connectivity index (χ2n) is 4.80. The lowest BCUT2D eigenvalue weighted by atomic mass is 10.1. The molecule has 110 valence electrons. The predicted octanol–water partition coefficient (Wildman–Crippen LogP) is 4.10. The fourth-order valence-corrected chi connectivity index (χ4v) is 2.01. The molecular formula is C16H16F2N2O. The van der Waals surface area contributed by atoms with Crippen molar-refractivity contribution in [3.63, 3.8) is 0 Å². The lowest BCUT2D eigenvalue weighted by Gasteiger charge is -2.17. The molecule has 0 aliphatic heterocycles. The molecule has 0 spiro atoms. The molecule has 0 saturated carbocycles. The Morgan fingerprint density at radius 1 is 1.05 bits per heavy atom. The van der Waals surface area contributed by atoms with E-state index in [2.05, 4.69) is 10.6 Å². The van der Waals surface area contributed by atoms with Crippen molar-refractivity contribution in [2.75, 3.05) is 10.6 Å². The number of carbonyl (C=O) groups excluding carboxylic acids is 1. The Balaban J connectivity index is 2.14. The van der Waals surface area contributed by atoms with Crippen LogP contribution in [0.5, 0.6) is 0 Å². The molecule has 2 rings (SSSR count). The van der Waals surface area contributed by atoms with Gasteiger partial charge in [-0.15, -0.1) is 0 Å². The average Bonchev–Trinajstić information content (AvgIpc) is 2.42. The van der Waals surface area contributed by atoms with Crippen LogP contribution in [-0.4, -0.2) is 5.91 Å². The van der Waals surface area contributed by atoms with E-state index in [1.54, 1.807) is 6.07 Å². The number of hydrogen-bond acceptors (Lipinski definition) is 2. The molecule has 1 unspecified atom stereocenters. The van der Waals surface area contributed by atoms with Crippen LogP contribution >= 0.6 is 0 Å². The number of nitrogens with one attached hydrogen (secondary N) is 2. The third-order valence-electron chi connectivity index (χ3n) is 3.01. The van der Waals surface area contributed by atoms with Gasteiger partial charge in [0.15, 0.2) is 11.6 Å². The van der Waals surface area contributed by atoms with Crippen molar-refractivity contribution < 1.29 is 13.6 Å². The lowest BCUT2D eigenvalue weighted by Crippen LogP contribution is -2.09. The second-order valence-corrected chi connectivity index (χ2v) is 4.80. The fourth-order valence-electron chi connectivity index (χ4n) is 2.01. The Kier molecular flexibility index (Phi) is 4.52. The molecule has 1 atom stereocenters. The number of hydrogen-bond donors (Lipinski definition) is 2. The van der Waals surface area contributed by atoms with E-state index in [-0.39, 0.29) is 11.9 Å². The molecule has 21 heavy (non-hydrogen) atoms. The molecule has 2 aromatic carbocycles. The van der Waals surface area contributed by atoms with E-state index in [0.29, 0.717) is 11.4 Å². The van der Waals surface area contributed by atoms with Crippen LogP contribution in [-0.2, 0) is 4.79 Å². The number of carbonyl (C=O) groups is 1. The first-order valence-electron chi connectivity index (χ1n) is 6.55. The highest BCUT2D eigenvalue weighted by Crippen LogP contribution is 2.23. The lowest BCUT2D eigenvalue weighted by molar-refractivity contribution is -0.114. The maximum Gasteiger partial charge on any atom is 0.221 e. The van der Waals surface area contributed by atoms with Crippen molar-refractivity contribution >= 4 is 17.3 Å². The van der Waals surface area contributed by atoms with E-state index < -0.39 is 11.6 Å². The Morgan fingerprint density at radius 2 is 1.81 bits per heavy atom. The number of amides is 1. The van der Waals surface area contributed by atoms with Gasteiger partial charge in [0, 0.05) is 30.4 Å². The maximum absolute atomic E-state index is 13.2. The van der Waals surface area contributed by atoms with E-state index >= 15 is 0 Å². The van der Waals surface area contributed by atoms with E-state index in [1.807, 2.05) is 25.1 Å². The monoisotopic (exact) mass is 290 g/mol. The fraction of sp³-hybridized carbons (Fsp3) is 0.188. The van der Waals surface area contributed by atoms with Gasteiger partial charge >= 0.3 is 0 Å². The average molecular weight is 290 g/mol. The van der Waals surface area contributed by atoms with Gasteiger partial charge in [-0.25, -0.2) is 8.78 Å². The SMILES string of the molecule is CC(=O)Nc1cccc(C(C)Nc2ccc(F)c(F)c2)c1. The van der Waals surface area contributed by atoms with Crippen molar-refractivity contribution in [3.8, 4) is 0 Å². The smallest absolute Gasteiger partial charge is 0.221 e. The molecule has 2 aromatic rings. The molecule has 0 radical (unpaired) electrons. The van der Waals surface area contributed by atoms with Crippen LogP contribution in [0.15, 0.2) is 42.5 Å². The summed E-state index contributed by atoms with van der Waals surface area (Å²) in [4.78, 5) is 11.1. The normalized spacial score (nSPS) is 11.8. The first-order valence-corrected chi connectivity index (χ1v) is 6.55. The molecule has 0 aromatic heterocycles. The van der Waals surface area contributed by atoms with Crippen molar-refractivity contribution in [3.05, 3.63) is 59.7 Å². The van der Waals surface area contributed by atoms with E-state index in [1.165, 1.54) is 13.0 Å². The summed E-state index contributed by atoms with van der Waals surface area (Å²) >= 11 is 0. The Labute approximate surface area is 122 Å². The predicted molar refractivity (Wildman–Crippen MR) is 79.1 cm³/mol. The topological polar surface area (TPSA) is 41.1 Å². The van der Waals surface area contributed by atoms with Crippen molar-refractivity contribution in [1.29, 1.82) is 0 Å². The summed E-state index contributed by atoms with van der Waals surface area (Å²) in [5, 5.41) is 5.79. The van der Waals surface area contributed by atoms with Crippen LogP contribution in [0.4, 0.5) is 20.2 Å². The van der Waals surface area contributed by atoms with Crippen LogP contribution in [0.1, 0.15) is 25.5 Å². The number of rotatable bonds is 4. The summed E-state index contributed by atoms with van der Waals surface area (Å²) in [5.41, 5.74) is 2.11. The van der Waals surface area contributed by atoms with E-state index in [4.69, 9.17) is 0 Å². The molecule has 3 nitrogen and oxygen atoms in total. The summed E-state index contributed by atoms with van der Waals surface area (Å²) in [6, 6.07) is 10.9. The van der Waals surface area contributed by atoms with Gasteiger partial charge in [-0.3, -0.25) is 4.79 Å². The van der Waals surface area contributed by atoms with Gasteiger partial charge in [-0.2, -0.15) is 0 Å². The van der Waals surface area contributed by atoms with Crippen LogP contribution in [0.3, 0.4) is 0 Å². The highest BCUT2D eigenvalue weighted by molar-refractivity contribution is 5.88. The highest BCUT2D eigenvalue weighted by Gasteiger charge is 2.08. The third-order valence-corrected chi connectivity index (χ3v) is 3.01. The Bertz CT molecular complexity index is 658. The summed E-state index contributed by atoms with van der Waals surface area (Å²) in [5.74, 6) is -1.91. The molecule has 0 saturated heterocycles. The van der Waals surface area contributed by atoms with Crippen LogP contribution in [0.25, 0.3) is 0 Å². The molecule has 1 amide bonds. The van der Waals surface area contributed by atoms with Crippen molar-refractivity contribution in [2.24, 2.45) is 0 Å². The highest BCUT2D eigenvalue weighted by atomic mass is 19.2. The molecule has 5 heteroatoms. The third kappa shape index (κ3) is 4.02. The molecule has 0 bridgehead atoms. The first kappa shape index (κ1) is 15.0. The van der Waals surface area contributed by atoms with Crippen LogP contribution in [0, 0.1) is 11.6 Å². The zero-order valence-electron chi connectivity index (χ0n) is 11.8. The quantitative estimate of drug-likeness (QED) is 0.890. The number of benzene rings is 2. The molecule has 0 heterocycles. The number of anilines is 2. The Hall–Kier alpha value is -2.43. The summed E-state index contributed by atoms with van der Waals surface area (Å²) < 4.78 is 26.1. The maximum atomic E-state index is 13.2. The zero-order valence-corrected chi connectivity index (χ0v) is 11.8. The van der Waals surface area contributed by atoms with Crippen LogP contribution < -0.4 is 10.6 Å². The minimum absolute atomic E-state index is 0.122. The van der Waals surface area contributed by atoms with Crippen LogP contribution in [0.2, 0.25) is 0 Å². The molecule has 0 aliphatic carbocycles. The van der Waals surface area contributed by atoms with Gasteiger partial charge in [-0.05, 0) is 36.8 Å². The van der Waals surface area contributed by atoms with Gasteiger partial charge in [0.05, 0.1) is 0 Å². The van der Waals surface area contributed by atoms with E-state index in [0.717, 1.165) is 17.7 Å². The first-order chi connectivity index (χ1) is 9.95. The molecule has 0 aliphatic rings. The molecule has 2 N–H and O–H groups in total. The summed E-state index contributed by atoms with van der Waals surface area (Å²) in [6.45, 7) is 3.34. The second kappa shape index (κ2) is 6.35. The molecular weight excluding hydrogens is 274 g/mol. The molecule has 0 fully saturated rings. The van der Waals surface area contributed by atoms with Gasteiger partial charge in [-0.1, -0.05) is 12.1 Å². The summed E-state index contributed by atoms with van der Waals surface area (Å²) in [6.07, 6.45) is 0. The largest absolute Gasteiger partial charge is 0.378 e.